The standard InChI is InChI=1S/C13H10Cl2N2/c1-9(10-4-6-16-7-5-10)17-11-2-3-12(14)13(15)8-11/h2-8H,1H3. The van der Waals surface area contributed by atoms with E-state index in [0.717, 1.165) is 17.0 Å². The number of hydrogen-bond donors (Lipinski definition) is 0. The Bertz CT molecular complexity index is 551. The van der Waals surface area contributed by atoms with Crippen molar-refractivity contribution < 1.29 is 0 Å². The van der Waals surface area contributed by atoms with Crippen molar-refractivity contribution >= 4 is 34.6 Å². The number of hydrogen-bond acceptors (Lipinski definition) is 2. The highest BCUT2D eigenvalue weighted by molar-refractivity contribution is 6.42. The molecule has 0 spiro atoms. The molecule has 2 nitrogen and oxygen atoms in total. The van der Waals surface area contributed by atoms with Gasteiger partial charge in [-0.15, -0.1) is 0 Å². The summed E-state index contributed by atoms with van der Waals surface area (Å²) in [5, 5.41) is 1.04. The van der Waals surface area contributed by atoms with E-state index in [4.69, 9.17) is 23.2 Å². The normalized spacial score (nSPS) is 11.6. The summed E-state index contributed by atoms with van der Waals surface area (Å²) >= 11 is 11.8. The van der Waals surface area contributed by atoms with Crippen LogP contribution in [-0.2, 0) is 0 Å². The Morgan fingerprint density at radius 3 is 2.41 bits per heavy atom. The van der Waals surface area contributed by atoms with Crippen LogP contribution in [0.2, 0.25) is 10.0 Å². The van der Waals surface area contributed by atoms with E-state index in [1.165, 1.54) is 0 Å². The van der Waals surface area contributed by atoms with Gasteiger partial charge in [0.05, 0.1) is 15.7 Å². The minimum absolute atomic E-state index is 0.510. The van der Waals surface area contributed by atoms with Crippen molar-refractivity contribution in [3.8, 4) is 0 Å². The highest BCUT2D eigenvalue weighted by Crippen LogP contribution is 2.26. The largest absolute Gasteiger partial charge is 0.265 e. The van der Waals surface area contributed by atoms with Crippen molar-refractivity contribution in [1.29, 1.82) is 0 Å². The number of aliphatic imine (C=N–C) groups is 1. The van der Waals surface area contributed by atoms with Gasteiger partial charge in [0.25, 0.3) is 0 Å². The van der Waals surface area contributed by atoms with Crippen LogP contribution in [0.15, 0.2) is 47.7 Å². The predicted octanol–water partition coefficient (Wildman–Crippen LogP) is 4.53. The van der Waals surface area contributed by atoms with Crippen LogP contribution >= 0.6 is 23.2 Å². The van der Waals surface area contributed by atoms with Crippen LogP contribution in [0, 0.1) is 0 Å². The van der Waals surface area contributed by atoms with Gasteiger partial charge in [-0.05, 0) is 42.8 Å². The molecule has 0 amide bonds. The Morgan fingerprint density at radius 1 is 1.06 bits per heavy atom. The van der Waals surface area contributed by atoms with E-state index >= 15 is 0 Å². The van der Waals surface area contributed by atoms with Crippen LogP contribution in [0.5, 0.6) is 0 Å². The molecule has 86 valence electrons. The van der Waals surface area contributed by atoms with Gasteiger partial charge < -0.3 is 0 Å². The second kappa shape index (κ2) is 5.30. The van der Waals surface area contributed by atoms with Crippen LogP contribution < -0.4 is 0 Å². The van der Waals surface area contributed by atoms with Gasteiger partial charge in [0, 0.05) is 18.1 Å². The van der Waals surface area contributed by atoms with E-state index < -0.39 is 0 Å². The Hall–Kier alpha value is -1.38. The first-order valence-electron chi connectivity index (χ1n) is 5.07. The molecule has 0 aliphatic rings. The number of rotatable bonds is 2. The van der Waals surface area contributed by atoms with Crippen LogP contribution in [0.1, 0.15) is 12.5 Å². The van der Waals surface area contributed by atoms with E-state index in [-0.39, 0.29) is 0 Å². The summed E-state index contributed by atoms with van der Waals surface area (Å²) in [4.78, 5) is 8.44. The van der Waals surface area contributed by atoms with E-state index in [1.807, 2.05) is 25.1 Å². The minimum Gasteiger partial charge on any atom is -0.265 e. The molecule has 0 aliphatic carbocycles. The fourth-order valence-corrected chi connectivity index (χ4v) is 1.70. The molecular formula is C13H10Cl2N2. The zero-order chi connectivity index (χ0) is 12.3. The second-order valence-electron chi connectivity index (χ2n) is 3.53. The quantitative estimate of drug-likeness (QED) is 0.732. The third-order valence-corrected chi connectivity index (χ3v) is 3.04. The third-order valence-electron chi connectivity index (χ3n) is 2.30. The maximum atomic E-state index is 5.93. The molecule has 17 heavy (non-hydrogen) atoms. The van der Waals surface area contributed by atoms with Crippen LogP contribution in [0.25, 0.3) is 0 Å². The van der Waals surface area contributed by atoms with Crippen molar-refractivity contribution in [3.63, 3.8) is 0 Å². The zero-order valence-corrected chi connectivity index (χ0v) is 10.7. The first-order valence-corrected chi connectivity index (χ1v) is 5.83. The van der Waals surface area contributed by atoms with Crippen LogP contribution in [0.4, 0.5) is 5.69 Å². The third kappa shape index (κ3) is 3.05. The summed E-state index contributed by atoms with van der Waals surface area (Å²) in [5.74, 6) is 0. The predicted molar refractivity (Wildman–Crippen MR) is 72.6 cm³/mol. The summed E-state index contributed by atoms with van der Waals surface area (Å²) < 4.78 is 0. The van der Waals surface area contributed by atoms with Gasteiger partial charge in [-0.2, -0.15) is 0 Å². The van der Waals surface area contributed by atoms with Gasteiger partial charge in [-0.1, -0.05) is 23.2 Å². The molecule has 1 heterocycles. The van der Waals surface area contributed by atoms with Crippen molar-refractivity contribution in [2.45, 2.75) is 6.92 Å². The molecule has 0 aliphatic heterocycles. The fraction of sp³-hybridized carbons (Fsp3) is 0.0769. The molecule has 0 radical (unpaired) electrons. The molecule has 0 unspecified atom stereocenters. The van der Waals surface area contributed by atoms with E-state index in [0.29, 0.717) is 10.0 Å². The summed E-state index contributed by atoms with van der Waals surface area (Å²) in [6, 6.07) is 9.14. The van der Waals surface area contributed by atoms with Crippen molar-refractivity contribution in [1.82, 2.24) is 4.98 Å². The minimum atomic E-state index is 0.510. The monoisotopic (exact) mass is 264 g/mol. The van der Waals surface area contributed by atoms with E-state index in [9.17, 15) is 0 Å². The van der Waals surface area contributed by atoms with Gasteiger partial charge in [0.2, 0.25) is 0 Å². The molecule has 2 aromatic rings. The highest BCUT2D eigenvalue weighted by Gasteiger charge is 2.00. The number of halogens is 2. The molecule has 4 heteroatoms. The lowest BCUT2D eigenvalue weighted by Gasteiger charge is -2.01. The maximum Gasteiger partial charge on any atom is 0.0648 e. The fourth-order valence-electron chi connectivity index (χ4n) is 1.41. The highest BCUT2D eigenvalue weighted by atomic mass is 35.5. The lowest BCUT2D eigenvalue weighted by molar-refractivity contribution is 1.32. The first kappa shape index (κ1) is 12.1. The van der Waals surface area contributed by atoms with Gasteiger partial charge in [-0.3, -0.25) is 9.98 Å². The Morgan fingerprint density at radius 2 is 1.76 bits per heavy atom. The average Bonchev–Trinajstić information content (AvgIpc) is 2.35. The number of benzene rings is 1. The molecular weight excluding hydrogens is 255 g/mol. The van der Waals surface area contributed by atoms with Crippen molar-refractivity contribution in [2.24, 2.45) is 4.99 Å². The van der Waals surface area contributed by atoms with E-state index in [1.54, 1.807) is 24.5 Å². The Labute approximate surface area is 110 Å². The van der Waals surface area contributed by atoms with Gasteiger partial charge >= 0.3 is 0 Å². The molecule has 1 aromatic heterocycles. The van der Waals surface area contributed by atoms with Crippen molar-refractivity contribution in [2.75, 3.05) is 0 Å². The molecule has 0 N–H and O–H groups in total. The Balaban J connectivity index is 2.33. The Kier molecular flexibility index (Phi) is 3.77. The molecule has 2 rings (SSSR count). The zero-order valence-electron chi connectivity index (χ0n) is 9.19. The molecule has 1 aromatic carbocycles. The maximum absolute atomic E-state index is 5.93. The lowest BCUT2D eigenvalue weighted by atomic mass is 10.2. The summed E-state index contributed by atoms with van der Waals surface area (Å²) in [5.41, 5.74) is 2.73. The van der Waals surface area contributed by atoms with Crippen LogP contribution in [-0.4, -0.2) is 10.7 Å². The molecule has 0 saturated heterocycles. The number of pyridine rings is 1. The summed E-state index contributed by atoms with van der Waals surface area (Å²) in [6.07, 6.45) is 3.48. The molecule has 0 saturated carbocycles. The van der Waals surface area contributed by atoms with Crippen LogP contribution in [0.3, 0.4) is 0 Å². The summed E-state index contributed by atoms with van der Waals surface area (Å²) in [7, 11) is 0. The van der Waals surface area contributed by atoms with Crippen molar-refractivity contribution in [3.05, 3.63) is 58.3 Å². The van der Waals surface area contributed by atoms with Gasteiger partial charge in [0.1, 0.15) is 0 Å². The number of nitrogens with zero attached hydrogens (tertiary/aromatic N) is 2. The van der Waals surface area contributed by atoms with Gasteiger partial charge in [-0.25, -0.2) is 0 Å². The van der Waals surface area contributed by atoms with E-state index in [2.05, 4.69) is 9.98 Å². The second-order valence-corrected chi connectivity index (χ2v) is 4.35. The molecule has 0 fully saturated rings. The number of aromatic nitrogens is 1. The topological polar surface area (TPSA) is 25.2 Å². The lowest BCUT2D eigenvalue weighted by Crippen LogP contribution is -1.93. The smallest absolute Gasteiger partial charge is 0.0648 e. The first-order chi connectivity index (χ1) is 8.16. The molecule has 0 bridgehead atoms. The van der Waals surface area contributed by atoms with Gasteiger partial charge in [0.15, 0.2) is 0 Å². The summed E-state index contributed by atoms with van der Waals surface area (Å²) in [6.45, 7) is 1.94. The molecule has 0 atom stereocenters. The average molecular weight is 265 g/mol. The SMILES string of the molecule is CC(=Nc1ccc(Cl)c(Cl)c1)c1ccncc1.